The lowest BCUT2D eigenvalue weighted by Crippen LogP contribution is -2.13. The quantitative estimate of drug-likeness (QED) is 0.355. The number of benzene rings is 2. The normalized spacial score (nSPS) is 11.0. The van der Waals surface area contributed by atoms with Gasteiger partial charge in [0.15, 0.2) is 8.29 Å². The van der Waals surface area contributed by atoms with Crippen LogP contribution >= 0.6 is 47.1 Å². The minimum absolute atomic E-state index is 0.110. The van der Waals surface area contributed by atoms with E-state index in [1.54, 1.807) is 24.3 Å². The molecule has 1 aromatic heterocycles. The highest BCUT2D eigenvalue weighted by atomic mass is 32.2. The van der Waals surface area contributed by atoms with Gasteiger partial charge in [-0.25, -0.2) is 9.07 Å². The summed E-state index contributed by atoms with van der Waals surface area (Å²) in [6.07, 6.45) is 0. The Balaban J connectivity index is 1.57. The van der Waals surface area contributed by atoms with Crippen LogP contribution in [0.3, 0.4) is 0 Å². The Labute approximate surface area is 176 Å². The Morgan fingerprint density at radius 3 is 2.50 bits per heavy atom. The molecule has 28 heavy (non-hydrogen) atoms. The third-order valence-corrected chi connectivity index (χ3v) is 6.38. The molecule has 0 radical (unpaired) electrons. The lowest BCUT2D eigenvalue weighted by atomic mass is 10.3. The zero-order valence-electron chi connectivity index (χ0n) is 14.0. The van der Waals surface area contributed by atoms with Crippen molar-refractivity contribution in [2.24, 2.45) is 0 Å². The molecular weight excluding hydrogens is 447 g/mol. The number of halogens is 3. The van der Waals surface area contributed by atoms with E-state index in [4.69, 9.17) is 12.2 Å². The van der Waals surface area contributed by atoms with Gasteiger partial charge >= 0.3 is 0 Å². The van der Waals surface area contributed by atoms with Crippen LogP contribution in [0.5, 0.6) is 0 Å². The first kappa shape index (κ1) is 20.9. The molecule has 146 valence electrons. The van der Waals surface area contributed by atoms with Crippen molar-refractivity contribution in [1.29, 1.82) is 0 Å². The summed E-state index contributed by atoms with van der Waals surface area (Å²) in [5, 5.41) is 7.04. The number of thioether (sulfide) groups is 2. The maximum atomic E-state index is 13.0. The number of alkyl halides is 2. The molecule has 0 fully saturated rings. The second-order valence-electron chi connectivity index (χ2n) is 5.26. The molecule has 4 nitrogen and oxygen atoms in total. The number of nitrogens with one attached hydrogen (secondary N) is 1. The molecule has 3 rings (SSSR count). The minimum Gasteiger partial charge on any atom is -0.325 e. The van der Waals surface area contributed by atoms with Crippen LogP contribution in [0.1, 0.15) is 0 Å². The summed E-state index contributed by atoms with van der Waals surface area (Å²) in [5.41, 5.74) is 1.16. The molecule has 0 unspecified atom stereocenters. The fourth-order valence-corrected chi connectivity index (χ4v) is 4.77. The number of anilines is 1. The Kier molecular flexibility index (Phi) is 7.16. The van der Waals surface area contributed by atoms with Crippen LogP contribution < -0.4 is 5.32 Å². The van der Waals surface area contributed by atoms with Gasteiger partial charge in [0.2, 0.25) is 5.91 Å². The molecule has 11 heteroatoms. The van der Waals surface area contributed by atoms with E-state index in [0.717, 1.165) is 0 Å². The Morgan fingerprint density at radius 2 is 1.86 bits per heavy atom. The standard InChI is InChI=1S/C17H12F3N3OS4/c18-10-1-5-12(6-2-10)23-17(25)28-16(22-23)26-9-14(24)21-11-3-7-13(8-4-11)27-15(19)20/h1-8,15H,9H2,(H,21,24). The predicted molar refractivity (Wildman–Crippen MR) is 110 cm³/mol. The van der Waals surface area contributed by atoms with E-state index in [9.17, 15) is 18.0 Å². The van der Waals surface area contributed by atoms with Gasteiger partial charge in [-0.1, -0.05) is 34.9 Å². The summed E-state index contributed by atoms with van der Waals surface area (Å²) in [7, 11) is 0. The van der Waals surface area contributed by atoms with E-state index in [1.165, 1.54) is 52.0 Å². The van der Waals surface area contributed by atoms with Crippen LogP contribution in [0.2, 0.25) is 0 Å². The molecule has 0 aliphatic rings. The van der Waals surface area contributed by atoms with Crippen molar-refractivity contribution in [3.05, 3.63) is 58.3 Å². The molecule has 0 saturated carbocycles. The third kappa shape index (κ3) is 5.84. The van der Waals surface area contributed by atoms with Crippen molar-refractivity contribution in [3.63, 3.8) is 0 Å². The van der Waals surface area contributed by atoms with Gasteiger partial charge in [0.25, 0.3) is 5.76 Å². The smallest absolute Gasteiger partial charge is 0.288 e. The molecule has 0 atom stereocenters. The summed E-state index contributed by atoms with van der Waals surface area (Å²) < 4.78 is 40.3. The fraction of sp³-hybridized carbons (Fsp3) is 0.118. The number of amides is 1. The number of hydrogen-bond donors (Lipinski definition) is 1. The van der Waals surface area contributed by atoms with Crippen LogP contribution in [0.15, 0.2) is 57.8 Å². The van der Waals surface area contributed by atoms with Crippen molar-refractivity contribution in [1.82, 2.24) is 9.78 Å². The second-order valence-corrected chi connectivity index (χ2v) is 9.17. The van der Waals surface area contributed by atoms with Gasteiger partial charge < -0.3 is 5.32 Å². The highest BCUT2D eigenvalue weighted by Crippen LogP contribution is 2.27. The number of hydrogen-bond acceptors (Lipinski definition) is 6. The molecule has 1 amide bonds. The highest BCUT2D eigenvalue weighted by Gasteiger charge is 2.10. The van der Waals surface area contributed by atoms with E-state index in [2.05, 4.69) is 10.4 Å². The molecule has 2 aromatic carbocycles. The number of rotatable bonds is 7. The van der Waals surface area contributed by atoms with Gasteiger partial charge in [0.05, 0.1) is 11.4 Å². The number of carbonyl (C=O) groups is 1. The molecule has 0 saturated heterocycles. The van der Waals surface area contributed by atoms with E-state index in [-0.39, 0.29) is 17.5 Å². The number of nitrogens with zero attached hydrogens (tertiary/aromatic N) is 2. The first-order valence-corrected chi connectivity index (χ1v) is 10.8. The zero-order chi connectivity index (χ0) is 20.1. The van der Waals surface area contributed by atoms with E-state index < -0.39 is 5.76 Å². The van der Waals surface area contributed by atoms with Crippen molar-refractivity contribution in [2.75, 3.05) is 11.1 Å². The van der Waals surface area contributed by atoms with Gasteiger partial charge in [-0.15, -0.1) is 5.10 Å². The van der Waals surface area contributed by atoms with Crippen LogP contribution in [-0.4, -0.2) is 27.2 Å². The second kappa shape index (κ2) is 9.59. The van der Waals surface area contributed by atoms with Gasteiger partial charge in [-0.2, -0.15) is 8.78 Å². The number of aromatic nitrogens is 2. The first-order chi connectivity index (χ1) is 13.4. The summed E-state index contributed by atoms with van der Waals surface area (Å²) >= 11 is 8.19. The Morgan fingerprint density at radius 1 is 1.18 bits per heavy atom. The highest BCUT2D eigenvalue weighted by molar-refractivity contribution is 8.01. The van der Waals surface area contributed by atoms with Crippen molar-refractivity contribution in [3.8, 4) is 5.69 Å². The van der Waals surface area contributed by atoms with Gasteiger partial charge in [-0.3, -0.25) is 4.79 Å². The van der Waals surface area contributed by atoms with Gasteiger partial charge in [0, 0.05) is 10.6 Å². The average Bonchev–Trinajstić information content (AvgIpc) is 3.03. The van der Waals surface area contributed by atoms with Crippen LogP contribution in [0.4, 0.5) is 18.9 Å². The van der Waals surface area contributed by atoms with E-state index >= 15 is 0 Å². The molecular formula is C17H12F3N3OS4. The summed E-state index contributed by atoms with van der Waals surface area (Å²) in [5.74, 6) is -2.98. The van der Waals surface area contributed by atoms with Crippen LogP contribution in [0, 0.1) is 9.77 Å². The maximum Gasteiger partial charge on any atom is 0.288 e. The first-order valence-electron chi connectivity index (χ1n) is 7.74. The molecule has 0 bridgehead atoms. The predicted octanol–water partition coefficient (Wildman–Crippen LogP) is 5.85. The van der Waals surface area contributed by atoms with E-state index in [0.29, 0.717) is 36.3 Å². The van der Waals surface area contributed by atoms with Crippen LogP contribution in [0.25, 0.3) is 5.69 Å². The lowest BCUT2D eigenvalue weighted by molar-refractivity contribution is -0.113. The molecule has 0 aliphatic carbocycles. The number of carbonyl (C=O) groups excluding carboxylic acids is 1. The topological polar surface area (TPSA) is 46.9 Å². The minimum atomic E-state index is -2.48. The van der Waals surface area contributed by atoms with Crippen LogP contribution in [-0.2, 0) is 4.79 Å². The monoisotopic (exact) mass is 459 g/mol. The molecule has 1 heterocycles. The average molecular weight is 460 g/mol. The SMILES string of the molecule is O=C(CSc1nn(-c2ccc(F)cc2)c(=S)s1)Nc1ccc(SC(F)F)cc1. The van der Waals surface area contributed by atoms with Crippen molar-refractivity contribution in [2.45, 2.75) is 15.0 Å². The third-order valence-electron chi connectivity index (χ3n) is 3.29. The van der Waals surface area contributed by atoms with Gasteiger partial charge in [-0.05, 0) is 60.7 Å². The summed E-state index contributed by atoms with van der Waals surface area (Å²) in [6.45, 7) is 0. The maximum absolute atomic E-state index is 13.0. The Hall–Kier alpha value is -1.82. The molecule has 0 spiro atoms. The fourth-order valence-electron chi connectivity index (χ4n) is 2.11. The Bertz CT molecular complexity index is 1000. The summed E-state index contributed by atoms with van der Waals surface area (Å²) in [4.78, 5) is 12.5. The lowest BCUT2D eigenvalue weighted by Gasteiger charge is -2.05. The molecule has 3 aromatic rings. The summed E-state index contributed by atoms with van der Waals surface area (Å²) in [6, 6.07) is 12.0. The van der Waals surface area contributed by atoms with Crippen molar-refractivity contribution < 1.29 is 18.0 Å². The zero-order valence-corrected chi connectivity index (χ0v) is 17.2. The van der Waals surface area contributed by atoms with Gasteiger partial charge in [0.1, 0.15) is 5.82 Å². The molecule has 1 N–H and O–H groups in total. The molecule has 0 aliphatic heterocycles. The van der Waals surface area contributed by atoms with E-state index in [1.807, 2.05) is 0 Å². The van der Waals surface area contributed by atoms with Crippen molar-refractivity contribution >= 4 is 58.7 Å². The largest absolute Gasteiger partial charge is 0.325 e.